The van der Waals surface area contributed by atoms with Crippen molar-refractivity contribution in [2.45, 2.75) is 44.9 Å². The second-order valence-corrected chi connectivity index (χ2v) is 8.32. The van der Waals surface area contributed by atoms with Crippen molar-refractivity contribution in [3.8, 4) is 0 Å². The molecule has 0 atom stereocenters. The molecule has 4 amide bonds. The Morgan fingerprint density at radius 3 is 2.23 bits per heavy atom. The number of hydrogen-bond donors (Lipinski definition) is 2. The van der Waals surface area contributed by atoms with Crippen LogP contribution in [0.4, 0.5) is 0 Å². The molecule has 7 heteroatoms. The molecule has 1 saturated carbocycles. The van der Waals surface area contributed by atoms with E-state index in [2.05, 4.69) is 22.8 Å². The average Bonchev–Trinajstić information content (AvgIpc) is 3.10. The minimum absolute atomic E-state index is 0.00573. The lowest BCUT2D eigenvalue weighted by Crippen LogP contribution is -2.40. The van der Waals surface area contributed by atoms with Crippen LogP contribution in [-0.4, -0.2) is 48.2 Å². The summed E-state index contributed by atoms with van der Waals surface area (Å²) in [5.74, 6) is -0.245. The summed E-state index contributed by atoms with van der Waals surface area (Å²) in [6, 6.07) is 10.1. The number of nitrogens with one attached hydrogen (secondary N) is 2. The molecule has 1 aromatic carbocycles. The van der Waals surface area contributed by atoms with Gasteiger partial charge in [-0.15, -0.1) is 0 Å². The van der Waals surface area contributed by atoms with Crippen molar-refractivity contribution in [1.82, 2.24) is 15.5 Å². The summed E-state index contributed by atoms with van der Waals surface area (Å²) in [5.41, 5.74) is 1.23. The summed E-state index contributed by atoms with van der Waals surface area (Å²) in [5, 5.41) is 5.76. The van der Waals surface area contributed by atoms with Gasteiger partial charge in [-0.1, -0.05) is 30.3 Å². The van der Waals surface area contributed by atoms with Crippen LogP contribution in [0, 0.1) is 11.8 Å². The molecule has 0 radical (unpaired) electrons. The van der Waals surface area contributed by atoms with E-state index in [1.54, 1.807) is 0 Å². The van der Waals surface area contributed by atoms with Crippen LogP contribution in [0.3, 0.4) is 0 Å². The number of rotatable bonds is 10. The number of carbonyl (C=O) groups is 4. The summed E-state index contributed by atoms with van der Waals surface area (Å²) in [4.78, 5) is 48.9. The molecule has 2 N–H and O–H groups in total. The van der Waals surface area contributed by atoms with Crippen molar-refractivity contribution in [3.63, 3.8) is 0 Å². The zero-order chi connectivity index (χ0) is 22.1. The Labute approximate surface area is 183 Å². The molecule has 2 aliphatic rings. The third-order valence-corrected chi connectivity index (χ3v) is 6.02. The van der Waals surface area contributed by atoms with Crippen molar-refractivity contribution in [2.24, 2.45) is 11.8 Å². The Bertz CT molecular complexity index is 795. The molecule has 0 saturated heterocycles. The van der Waals surface area contributed by atoms with Crippen molar-refractivity contribution in [2.75, 3.05) is 19.6 Å². The first-order chi connectivity index (χ1) is 15.0. The van der Waals surface area contributed by atoms with E-state index in [0.717, 1.165) is 38.5 Å². The maximum Gasteiger partial charge on any atom is 0.253 e. The highest BCUT2D eigenvalue weighted by Crippen LogP contribution is 2.30. The Morgan fingerprint density at radius 2 is 1.55 bits per heavy atom. The van der Waals surface area contributed by atoms with Crippen molar-refractivity contribution >= 4 is 23.6 Å². The van der Waals surface area contributed by atoms with Gasteiger partial charge in [0.2, 0.25) is 11.8 Å². The fourth-order valence-corrected chi connectivity index (χ4v) is 4.19. The molecule has 1 heterocycles. The zero-order valence-electron chi connectivity index (χ0n) is 17.8. The SMILES string of the molecule is O=C(CCCc1ccccc1)NCCNC(=O)C1CCC(CN2C(=O)C=CC2=O)CC1. The van der Waals surface area contributed by atoms with Gasteiger partial charge >= 0.3 is 0 Å². The summed E-state index contributed by atoms with van der Waals surface area (Å²) in [6.07, 6.45) is 7.94. The molecule has 1 aliphatic carbocycles. The highest BCUT2D eigenvalue weighted by atomic mass is 16.2. The number of benzene rings is 1. The molecule has 1 aliphatic heterocycles. The molecular weight excluding hydrogens is 394 g/mol. The maximum absolute atomic E-state index is 12.4. The molecule has 0 aromatic heterocycles. The minimum atomic E-state index is -0.244. The van der Waals surface area contributed by atoms with Crippen LogP contribution >= 0.6 is 0 Å². The normalized spacial score (nSPS) is 20.7. The largest absolute Gasteiger partial charge is 0.354 e. The van der Waals surface area contributed by atoms with Gasteiger partial charge in [0.05, 0.1) is 0 Å². The molecule has 1 aromatic rings. The van der Waals surface area contributed by atoms with E-state index in [4.69, 9.17) is 0 Å². The molecule has 166 valence electrons. The molecule has 3 rings (SSSR count). The van der Waals surface area contributed by atoms with E-state index >= 15 is 0 Å². The Morgan fingerprint density at radius 1 is 0.903 bits per heavy atom. The zero-order valence-corrected chi connectivity index (χ0v) is 17.8. The molecular formula is C24H31N3O4. The standard InChI is InChI=1S/C24H31N3O4/c28-21(8-4-7-18-5-2-1-3-6-18)25-15-16-26-24(31)20-11-9-19(10-12-20)17-27-22(29)13-14-23(27)30/h1-3,5-6,13-14,19-20H,4,7-12,15-17H2,(H,25,28)(H,26,31). The van der Waals surface area contributed by atoms with Crippen LogP contribution in [0.2, 0.25) is 0 Å². The fourth-order valence-electron chi connectivity index (χ4n) is 4.19. The monoisotopic (exact) mass is 425 g/mol. The predicted molar refractivity (Wildman–Crippen MR) is 117 cm³/mol. The van der Waals surface area contributed by atoms with Crippen LogP contribution in [0.1, 0.15) is 44.1 Å². The van der Waals surface area contributed by atoms with Gasteiger partial charge in [-0.3, -0.25) is 24.1 Å². The highest BCUT2D eigenvalue weighted by Gasteiger charge is 2.31. The van der Waals surface area contributed by atoms with Crippen molar-refractivity contribution in [1.29, 1.82) is 0 Å². The maximum atomic E-state index is 12.4. The minimum Gasteiger partial charge on any atom is -0.354 e. The fraction of sp³-hybridized carbons (Fsp3) is 0.500. The van der Waals surface area contributed by atoms with Gasteiger partial charge in [0.25, 0.3) is 11.8 Å². The second kappa shape index (κ2) is 11.4. The van der Waals surface area contributed by atoms with E-state index in [-0.39, 0.29) is 35.5 Å². The summed E-state index contributed by atoms with van der Waals surface area (Å²) in [7, 11) is 0. The summed E-state index contributed by atoms with van der Waals surface area (Å²) >= 11 is 0. The quantitative estimate of drug-likeness (QED) is 0.443. The van der Waals surface area contributed by atoms with E-state index in [1.165, 1.54) is 22.6 Å². The number of amides is 4. The first-order valence-electron chi connectivity index (χ1n) is 11.1. The van der Waals surface area contributed by atoms with E-state index in [9.17, 15) is 19.2 Å². The molecule has 31 heavy (non-hydrogen) atoms. The number of carbonyl (C=O) groups excluding carboxylic acids is 4. The summed E-state index contributed by atoms with van der Waals surface area (Å²) < 4.78 is 0. The van der Waals surface area contributed by atoms with E-state index < -0.39 is 0 Å². The van der Waals surface area contributed by atoms with Crippen molar-refractivity contribution in [3.05, 3.63) is 48.0 Å². The Kier molecular flexibility index (Phi) is 8.38. The van der Waals surface area contributed by atoms with Gasteiger partial charge in [0, 0.05) is 44.1 Å². The number of hydrogen-bond acceptors (Lipinski definition) is 4. The van der Waals surface area contributed by atoms with Gasteiger partial charge in [-0.05, 0) is 50.0 Å². The number of nitrogens with zero attached hydrogens (tertiary/aromatic N) is 1. The Balaban J connectivity index is 1.24. The lowest BCUT2D eigenvalue weighted by atomic mass is 9.81. The second-order valence-electron chi connectivity index (χ2n) is 8.32. The lowest BCUT2D eigenvalue weighted by Gasteiger charge is -2.30. The molecule has 0 spiro atoms. The van der Waals surface area contributed by atoms with Gasteiger partial charge in [0.1, 0.15) is 0 Å². The molecule has 1 fully saturated rings. The topological polar surface area (TPSA) is 95.6 Å². The first kappa shape index (κ1) is 22.7. The van der Waals surface area contributed by atoms with Crippen LogP contribution in [-0.2, 0) is 25.6 Å². The lowest BCUT2D eigenvalue weighted by molar-refractivity contribution is -0.138. The smallest absolute Gasteiger partial charge is 0.253 e. The highest BCUT2D eigenvalue weighted by molar-refractivity contribution is 6.12. The average molecular weight is 426 g/mol. The van der Waals surface area contributed by atoms with E-state index in [0.29, 0.717) is 26.1 Å². The molecule has 7 nitrogen and oxygen atoms in total. The van der Waals surface area contributed by atoms with Gasteiger partial charge in [0.15, 0.2) is 0 Å². The van der Waals surface area contributed by atoms with Gasteiger partial charge in [-0.2, -0.15) is 0 Å². The van der Waals surface area contributed by atoms with Crippen LogP contribution in [0.5, 0.6) is 0 Å². The van der Waals surface area contributed by atoms with E-state index in [1.807, 2.05) is 18.2 Å². The Hall–Kier alpha value is -2.96. The number of imide groups is 1. The van der Waals surface area contributed by atoms with Gasteiger partial charge < -0.3 is 10.6 Å². The third kappa shape index (κ3) is 7.05. The number of aryl methyl sites for hydroxylation is 1. The molecule has 0 unspecified atom stereocenters. The van der Waals surface area contributed by atoms with Gasteiger partial charge in [-0.25, -0.2) is 0 Å². The predicted octanol–water partition coefficient (Wildman–Crippen LogP) is 1.97. The van der Waals surface area contributed by atoms with Crippen molar-refractivity contribution < 1.29 is 19.2 Å². The van der Waals surface area contributed by atoms with Crippen LogP contribution in [0.25, 0.3) is 0 Å². The summed E-state index contributed by atoms with van der Waals surface area (Å²) in [6.45, 7) is 1.29. The van der Waals surface area contributed by atoms with Crippen LogP contribution in [0.15, 0.2) is 42.5 Å². The third-order valence-electron chi connectivity index (χ3n) is 6.02. The van der Waals surface area contributed by atoms with Crippen LogP contribution < -0.4 is 10.6 Å². The first-order valence-corrected chi connectivity index (χ1v) is 11.1. The molecule has 0 bridgehead atoms.